The molecule has 2 aliphatic rings. The van der Waals surface area contributed by atoms with E-state index in [-0.39, 0.29) is 60.6 Å². The van der Waals surface area contributed by atoms with Crippen molar-refractivity contribution < 1.29 is 43.5 Å². The topological polar surface area (TPSA) is 124 Å². The van der Waals surface area contributed by atoms with Gasteiger partial charge in [-0.1, -0.05) is 52.3 Å². The Hall–Kier alpha value is -1.66. The number of cyclic esters (lactones) is 1. The highest BCUT2D eigenvalue weighted by Crippen LogP contribution is 2.35. The number of nitrogens with zero attached hydrogens (tertiary/aromatic N) is 1. The minimum absolute atomic E-state index is 0.0307. The van der Waals surface area contributed by atoms with Gasteiger partial charge in [-0.05, 0) is 71.5 Å². The lowest BCUT2D eigenvalue weighted by Gasteiger charge is -2.44. The number of esters is 1. The zero-order valence-corrected chi connectivity index (χ0v) is 29.7. The van der Waals surface area contributed by atoms with E-state index in [2.05, 4.69) is 0 Å². The molecule has 45 heavy (non-hydrogen) atoms. The first kappa shape index (κ1) is 41.4. The molecule has 0 aliphatic carbocycles. The van der Waals surface area contributed by atoms with Gasteiger partial charge in [-0.15, -0.1) is 0 Å². The molecule has 2 heterocycles. The van der Waals surface area contributed by atoms with Crippen LogP contribution in [0.1, 0.15) is 87.0 Å². The monoisotopic (exact) mass is 641 g/mol. The molecule has 0 aromatic carbocycles. The number of carbonyl (C=O) groups excluding carboxylic acids is 2. The lowest BCUT2D eigenvalue weighted by atomic mass is 9.80. The zero-order valence-electron chi connectivity index (χ0n) is 29.7. The Morgan fingerprint density at radius 3 is 2.27 bits per heavy atom. The van der Waals surface area contributed by atoms with Crippen LogP contribution in [0.5, 0.6) is 0 Å². The van der Waals surface area contributed by atoms with E-state index in [1.807, 2.05) is 73.5 Å². The molecule has 1 fully saturated rings. The maximum absolute atomic E-state index is 13.3. The van der Waals surface area contributed by atoms with Gasteiger partial charge in [0.2, 0.25) is 0 Å². The summed E-state index contributed by atoms with van der Waals surface area (Å²) in [6, 6.07) is -0.151. The fraction of sp³-hybridized carbons (Fsp3) is 0.829. The maximum Gasteiger partial charge on any atom is 0.306 e. The van der Waals surface area contributed by atoms with E-state index in [0.717, 1.165) is 5.57 Å². The second kappa shape index (κ2) is 21.3. The van der Waals surface area contributed by atoms with Crippen LogP contribution in [0.2, 0.25) is 0 Å². The Morgan fingerprint density at radius 1 is 1.07 bits per heavy atom. The number of likely N-dealkylation sites (N-methyl/N-ethyl adjacent to an activating group) is 1. The fourth-order valence-electron chi connectivity index (χ4n) is 6.25. The van der Waals surface area contributed by atoms with Gasteiger partial charge >= 0.3 is 5.97 Å². The van der Waals surface area contributed by atoms with Crippen molar-refractivity contribution in [3.63, 3.8) is 0 Å². The number of rotatable bonds is 9. The van der Waals surface area contributed by atoms with Gasteiger partial charge in [-0.2, -0.15) is 0 Å². The van der Waals surface area contributed by atoms with Crippen molar-refractivity contribution >= 4 is 11.8 Å². The summed E-state index contributed by atoms with van der Waals surface area (Å²) >= 11 is 0. The Balaban J connectivity index is 0.00000496. The van der Waals surface area contributed by atoms with Crippen molar-refractivity contribution in [1.82, 2.24) is 4.90 Å². The van der Waals surface area contributed by atoms with Crippen LogP contribution in [0.25, 0.3) is 0 Å². The molecular formula is C35H63NO9. The van der Waals surface area contributed by atoms with E-state index in [9.17, 15) is 19.8 Å². The molecule has 2 aliphatic heterocycles. The Morgan fingerprint density at radius 2 is 1.71 bits per heavy atom. The number of methoxy groups -OCH3 is 2. The van der Waals surface area contributed by atoms with Crippen molar-refractivity contribution in [3.8, 4) is 0 Å². The van der Waals surface area contributed by atoms with Crippen LogP contribution in [0.4, 0.5) is 0 Å². The second-order valence-electron chi connectivity index (χ2n) is 12.7. The van der Waals surface area contributed by atoms with E-state index < -0.39 is 30.9 Å². The normalized spacial score (nSPS) is 36.1. The maximum atomic E-state index is 13.3. The van der Waals surface area contributed by atoms with Crippen molar-refractivity contribution in [2.24, 2.45) is 23.7 Å². The number of carbonyl (C=O) groups is 2. The van der Waals surface area contributed by atoms with Gasteiger partial charge in [0, 0.05) is 44.9 Å². The summed E-state index contributed by atoms with van der Waals surface area (Å²) in [6.45, 7) is 13.5. The molecule has 0 aromatic rings. The highest BCUT2D eigenvalue weighted by molar-refractivity contribution is 5.91. The molecule has 0 bridgehead atoms. The molecule has 0 spiro atoms. The molecule has 0 amide bonds. The van der Waals surface area contributed by atoms with Crippen LogP contribution >= 0.6 is 0 Å². The summed E-state index contributed by atoms with van der Waals surface area (Å²) in [5.41, 5.74) is 0.805. The third-order valence-corrected chi connectivity index (χ3v) is 8.92. The standard InChI is InChI=1S/C33H57NO9.C2H6/c1-10-28-25(19-35)15-20(2)11-13-27(36)22(4)16-24(18-30(39-8)40-9)32(21(3)12-14-29(37)42-28)43-33-31(38)26(34(6)7)17-23(5)41-33;1-2/h11,13,15,21-26,28,30-33,35,38H,10,12,14,16-19H2,1-9H3;1-2H3/b13-11+,20-15+;/t21-,22+,23?,24?,25+,26?,28+,31?,32+,33?;/m0./s1. The van der Waals surface area contributed by atoms with Gasteiger partial charge in [-0.25, -0.2) is 0 Å². The number of allylic oxidation sites excluding steroid dienone is 3. The van der Waals surface area contributed by atoms with Gasteiger partial charge in [0.15, 0.2) is 18.4 Å². The Kier molecular flexibility index (Phi) is 19.5. The van der Waals surface area contributed by atoms with Crippen molar-refractivity contribution in [1.29, 1.82) is 0 Å². The largest absolute Gasteiger partial charge is 0.462 e. The highest BCUT2D eigenvalue weighted by Gasteiger charge is 2.42. The van der Waals surface area contributed by atoms with Crippen LogP contribution in [0, 0.1) is 23.7 Å². The third-order valence-electron chi connectivity index (χ3n) is 8.92. The summed E-state index contributed by atoms with van der Waals surface area (Å²) in [7, 11) is 7.01. The number of ether oxygens (including phenoxy) is 5. The molecule has 2 rings (SSSR count). The lowest BCUT2D eigenvalue weighted by molar-refractivity contribution is -0.282. The minimum atomic E-state index is -0.888. The first-order valence-electron chi connectivity index (χ1n) is 16.8. The highest BCUT2D eigenvalue weighted by atomic mass is 16.7. The van der Waals surface area contributed by atoms with E-state index in [0.29, 0.717) is 32.1 Å². The predicted molar refractivity (Wildman–Crippen MR) is 175 cm³/mol. The molecular weight excluding hydrogens is 578 g/mol. The molecule has 10 nitrogen and oxygen atoms in total. The molecule has 10 atom stereocenters. The molecule has 10 heteroatoms. The molecule has 0 radical (unpaired) electrons. The van der Waals surface area contributed by atoms with Crippen LogP contribution in [0.15, 0.2) is 23.8 Å². The number of hydrogen-bond acceptors (Lipinski definition) is 10. The van der Waals surface area contributed by atoms with Gasteiger partial charge in [0.25, 0.3) is 0 Å². The average molecular weight is 642 g/mol. The number of aliphatic hydroxyl groups excluding tert-OH is 2. The van der Waals surface area contributed by atoms with Gasteiger partial charge in [0.1, 0.15) is 12.2 Å². The van der Waals surface area contributed by atoms with Crippen molar-refractivity contribution in [2.45, 2.75) is 130 Å². The summed E-state index contributed by atoms with van der Waals surface area (Å²) in [5, 5.41) is 21.3. The van der Waals surface area contributed by atoms with Crippen LogP contribution in [0.3, 0.4) is 0 Å². The Bertz CT molecular complexity index is 919. The van der Waals surface area contributed by atoms with Crippen molar-refractivity contribution in [2.75, 3.05) is 34.9 Å². The van der Waals surface area contributed by atoms with Gasteiger partial charge < -0.3 is 38.8 Å². The summed E-state index contributed by atoms with van der Waals surface area (Å²) in [5.74, 6) is -1.49. The van der Waals surface area contributed by atoms with E-state index in [4.69, 9.17) is 23.7 Å². The second-order valence-corrected chi connectivity index (χ2v) is 12.7. The molecule has 5 unspecified atom stereocenters. The van der Waals surface area contributed by atoms with E-state index in [1.165, 1.54) is 0 Å². The van der Waals surface area contributed by atoms with Gasteiger partial charge in [-0.3, -0.25) is 9.59 Å². The molecule has 1 saturated heterocycles. The summed E-state index contributed by atoms with van der Waals surface area (Å²) in [6.07, 6.45) is 4.49. The molecule has 2 N–H and O–H groups in total. The summed E-state index contributed by atoms with van der Waals surface area (Å²) < 4.78 is 29.8. The average Bonchev–Trinajstić information content (AvgIpc) is 3.02. The van der Waals surface area contributed by atoms with Crippen molar-refractivity contribution in [3.05, 3.63) is 23.8 Å². The molecule has 0 aromatic heterocycles. The van der Waals surface area contributed by atoms with E-state index >= 15 is 0 Å². The Labute approximate surface area is 272 Å². The first-order chi connectivity index (χ1) is 21.3. The van der Waals surface area contributed by atoms with Crippen LogP contribution in [-0.2, 0) is 33.3 Å². The molecule has 262 valence electrons. The quantitative estimate of drug-likeness (QED) is 0.265. The third kappa shape index (κ3) is 13.2. The lowest BCUT2D eigenvalue weighted by Crippen LogP contribution is -2.56. The van der Waals surface area contributed by atoms with Crippen LogP contribution < -0.4 is 0 Å². The number of ketones is 1. The number of aliphatic hydroxyl groups is 2. The predicted octanol–water partition coefficient (Wildman–Crippen LogP) is 4.91. The zero-order chi connectivity index (χ0) is 34.3. The fourth-order valence-corrected chi connectivity index (χ4v) is 6.25. The van der Waals surface area contributed by atoms with Gasteiger partial charge in [0.05, 0.1) is 18.8 Å². The SMILES string of the molecule is CC.CC[C@H]1OC(=O)CC[C@H](C)[C@@H](OC2OC(C)CC(N(C)C)C2O)C(CC(OC)OC)C[C@@H](C)C(=O)/C=C/C(C)=C/[C@@H]1CO. The van der Waals surface area contributed by atoms with Crippen LogP contribution in [-0.4, -0.2) is 105 Å². The number of hydrogen-bond donors (Lipinski definition) is 2. The minimum Gasteiger partial charge on any atom is -0.462 e. The molecule has 0 saturated carbocycles. The first-order valence-corrected chi connectivity index (χ1v) is 16.8. The summed E-state index contributed by atoms with van der Waals surface area (Å²) in [4.78, 5) is 28.4. The smallest absolute Gasteiger partial charge is 0.306 e. The van der Waals surface area contributed by atoms with E-state index in [1.54, 1.807) is 26.4 Å².